The number of fused-ring (bicyclic) bond motifs is 2. The molecule has 1 aromatic carbocycles. The van der Waals surface area contributed by atoms with Gasteiger partial charge in [-0.1, -0.05) is 6.07 Å². The van der Waals surface area contributed by atoms with Gasteiger partial charge in [-0.05, 0) is 23.8 Å². The van der Waals surface area contributed by atoms with Gasteiger partial charge < -0.3 is 14.8 Å². The highest BCUT2D eigenvalue weighted by atomic mass is 16.7. The van der Waals surface area contributed by atoms with Crippen molar-refractivity contribution in [1.29, 1.82) is 0 Å². The van der Waals surface area contributed by atoms with E-state index in [1.54, 1.807) is 24.5 Å². The minimum absolute atomic E-state index is 0.214. The van der Waals surface area contributed by atoms with Gasteiger partial charge in [-0.15, -0.1) is 0 Å². The Balaban J connectivity index is 1.52. The summed E-state index contributed by atoms with van der Waals surface area (Å²) in [5, 5.41) is 6.96. The van der Waals surface area contributed by atoms with Crippen molar-refractivity contribution in [2.75, 3.05) is 6.79 Å². The average Bonchev–Trinajstić information content (AvgIpc) is 3.20. The van der Waals surface area contributed by atoms with Crippen molar-refractivity contribution in [2.24, 2.45) is 0 Å². The Labute approximate surface area is 125 Å². The highest BCUT2D eigenvalue weighted by Crippen LogP contribution is 2.32. The maximum atomic E-state index is 12.3. The molecule has 1 aliphatic heterocycles. The Kier molecular flexibility index (Phi) is 2.89. The second kappa shape index (κ2) is 5.03. The van der Waals surface area contributed by atoms with Gasteiger partial charge in [0.05, 0.1) is 6.20 Å². The fraction of sp³-hybridized carbons (Fsp3) is 0.133. The lowest BCUT2D eigenvalue weighted by molar-refractivity contribution is 0.0943. The maximum absolute atomic E-state index is 12.3. The molecule has 1 aliphatic rings. The number of hydrogen-bond donors (Lipinski definition) is 1. The predicted molar refractivity (Wildman–Crippen MR) is 76.7 cm³/mol. The van der Waals surface area contributed by atoms with Crippen LogP contribution in [0.1, 0.15) is 16.1 Å². The quantitative estimate of drug-likeness (QED) is 0.790. The molecule has 3 aromatic rings. The van der Waals surface area contributed by atoms with E-state index in [9.17, 15) is 4.79 Å². The van der Waals surface area contributed by atoms with Crippen molar-refractivity contribution in [3.63, 3.8) is 0 Å². The van der Waals surface area contributed by atoms with Crippen LogP contribution in [0.3, 0.4) is 0 Å². The average molecular weight is 296 g/mol. The zero-order chi connectivity index (χ0) is 14.9. The smallest absolute Gasteiger partial charge is 0.270 e. The second-order valence-corrected chi connectivity index (χ2v) is 4.80. The summed E-state index contributed by atoms with van der Waals surface area (Å²) in [5.41, 5.74) is 2.01. The largest absolute Gasteiger partial charge is 0.454 e. The number of ether oxygens (including phenoxy) is 2. The standard InChI is InChI=1S/C15H12N4O3/c20-15(11-3-5-16-14-4-6-18-19(11)14)17-8-10-1-2-12-13(7-10)22-9-21-12/h1-7H,8-9H2,(H,17,20). The van der Waals surface area contributed by atoms with Gasteiger partial charge in [-0.2, -0.15) is 5.10 Å². The van der Waals surface area contributed by atoms with Crippen LogP contribution in [0.15, 0.2) is 42.7 Å². The van der Waals surface area contributed by atoms with E-state index in [1.807, 2.05) is 18.2 Å². The number of aromatic nitrogens is 3. The topological polar surface area (TPSA) is 77.8 Å². The van der Waals surface area contributed by atoms with Gasteiger partial charge in [-0.3, -0.25) is 4.79 Å². The number of rotatable bonds is 3. The molecule has 0 atom stereocenters. The van der Waals surface area contributed by atoms with Crippen molar-refractivity contribution in [3.8, 4) is 11.5 Å². The third-order valence-electron chi connectivity index (χ3n) is 3.41. The lowest BCUT2D eigenvalue weighted by Gasteiger charge is -2.07. The van der Waals surface area contributed by atoms with E-state index in [-0.39, 0.29) is 12.7 Å². The third kappa shape index (κ3) is 2.12. The molecule has 110 valence electrons. The fourth-order valence-corrected chi connectivity index (χ4v) is 2.33. The molecule has 3 heterocycles. The Morgan fingerprint density at radius 1 is 1.18 bits per heavy atom. The first-order valence-corrected chi connectivity index (χ1v) is 6.77. The summed E-state index contributed by atoms with van der Waals surface area (Å²) < 4.78 is 12.1. The number of carbonyl (C=O) groups is 1. The van der Waals surface area contributed by atoms with Crippen LogP contribution in [0, 0.1) is 0 Å². The highest BCUT2D eigenvalue weighted by Gasteiger charge is 2.14. The molecule has 1 N–H and O–H groups in total. The number of carbonyl (C=O) groups excluding carboxylic acids is 1. The summed E-state index contributed by atoms with van der Waals surface area (Å²) >= 11 is 0. The molecule has 4 rings (SSSR count). The molecule has 1 amide bonds. The van der Waals surface area contributed by atoms with E-state index in [1.165, 1.54) is 4.52 Å². The second-order valence-electron chi connectivity index (χ2n) is 4.80. The van der Waals surface area contributed by atoms with Crippen LogP contribution in [-0.4, -0.2) is 27.3 Å². The number of benzene rings is 1. The molecule has 7 heteroatoms. The van der Waals surface area contributed by atoms with Crippen LogP contribution in [0.25, 0.3) is 5.65 Å². The molecule has 2 aromatic heterocycles. The van der Waals surface area contributed by atoms with Crippen molar-refractivity contribution < 1.29 is 14.3 Å². The summed E-state index contributed by atoms with van der Waals surface area (Å²) in [6, 6.07) is 8.97. The zero-order valence-electron chi connectivity index (χ0n) is 11.5. The van der Waals surface area contributed by atoms with Crippen LogP contribution < -0.4 is 14.8 Å². The minimum Gasteiger partial charge on any atom is -0.454 e. The molecule has 0 saturated carbocycles. The normalized spacial score (nSPS) is 12.5. The van der Waals surface area contributed by atoms with Gasteiger partial charge in [0, 0.05) is 18.8 Å². The lowest BCUT2D eigenvalue weighted by atomic mass is 10.2. The van der Waals surface area contributed by atoms with E-state index in [0.717, 1.165) is 11.3 Å². The first kappa shape index (κ1) is 12.6. The Hall–Kier alpha value is -3.09. The SMILES string of the molecule is O=C(NCc1ccc2c(c1)OCO2)c1ccnc2ccnn12. The zero-order valence-corrected chi connectivity index (χ0v) is 11.5. The van der Waals surface area contributed by atoms with Crippen LogP contribution in [0.5, 0.6) is 11.5 Å². The van der Waals surface area contributed by atoms with Crippen LogP contribution in [-0.2, 0) is 6.54 Å². The number of amides is 1. The maximum Gasteiger partial charge on any atom is 0.270 e. The van der Waals surface area contributed by atoms with Gasteiger partial charge in [0.2, 0.25) is 6.79 Å². The molecule has 0 bridgehead atoms. The van der Waals surface area contributed by atoms with Crippen molar-refractivity contribution in [1.82, 2.24) is 19.9 Å². The molecule has 7 nitrogen and oxygen atoms in total. The molecular formula is C15H12N4O3. The molecule has 0 spiro atoms. The predicted octanol–water partition coefficient (Wildman–Crippen LogP) is 1.39. The van der Waals surface area contributed by atoms with Gasteiger partial charge >= 0.3 is 0 Å². The summed E-state index contributed by atoms with van der Waals surface area (Å²) in [4.78, 5) is 16.4. The van der Waals surface area contributed by atoms with Crippen LogP contribution in [0.2, 0.25) is 0 Å². The third-order valence-corrected chi connectivity index (χ3v) is 3.41. The molecule has 22 heavy (non-hydrogen) atoms. The van der Waals surface area contributed by atoms with E-state index in [4.69, 9.17) is 9.47 Å². The van der Waals surface area contributed by atoms with Crippen LogP contribution in [0.4, 0.5) is 0 Å². The van der Waals surface area contributed by atoms with E-state index in [0.29, 0.717) is 23.6 Å². The van der Waals surface area contributed by atoms with Gasteiger partial charge in [0.25, 0.3) is 5.91 Å². The van der Waals surface area contributed by atoms with Crippen molar-refractivity contribution in [2.45, 2.75) is 6.54 Å². The van der Waals surface area contributed by atoms with Gasteiger partial charge in [-0.25, -0.2) is 9.50 Å². The minimum atomic E-state index is -0.214. The first-order chi connectivity index (χ1) is 10.8. The van der Waals surface area contributed by atoms with Gasteiger partial charge in [0.15, 0.2) is 17.1 Å². The first-order valence-electron chi connectivity index (χ1n) is 6.77. The van der Waals surface area contributed by atoms with E-state index >= 15 is 0 Å². The summed E-state index contributed by atoms with van der Waals surface area (Å²) in [6.45, 7) is 0.625. The Bertz CT molecular complexity index is 859. The fourth-order valence-electron chi connectivity index (χ4n) is 2.33. The summed E-state index contributed by atoms with van der Waals surface area (Å²) in [7, 11) is 0. The highest BCUT2D eigenvalue weighted by molar-refractivity contribution is 5.92. The summed E-state index contributed by atoms with van der Waals surface area (Å²) in [6.07, 6.45) is 3.20. The van der Waals surface area contributed by atoms with Crippen molar-refractivity contribution in [3.05, 3.63) is 54.0 Å². The monoisotopic (exact) mass is 296 g/mol. The molecule has 0 radical (unpaired) electrons. The molecular weight excluding hydrogens is 284 g/mol. The van der Waals surface area contributed by atoms with Gasteiger partial charge in [0.1, 0.15) is 5.69 Å². The molecule has 0 fully saturated rings. The Morgan fingerprint density at radius 3 is 3.05 bits per heavy atom. The Morgan fingerprint density at radius 2 is 2.09 bits per heavy atom. The number of nitrogens with zero attached hydrogens (tertiary/aromatic N) is 3. The van der Waals surface area contributed by atoms with E-state index < -0.39 is 0 Å². The molecule has 0 unspecified atom stereocenters. The molecule has 0 saturated heterocycles. The lowest BCUT2D eigenvalue weighted by Crippen LogP contribution is -2.25. The number of nitrogens with one attached hydrogen (secondary N) is 1. The number of hydrogen-bond acceptors (Lipinski definition) is 5. The summed E-state index contributed by atoms with van der Waals surface area (Å²) in [5.74, 6) is 1.21. The molecule has 0 aliphatic carbocycles. The van der Waals surface area contributed by atoms with Crippen molar-refractivity contribution >= 4 is 11.6 Å². The van der Waals surface area contributed by atoms with Crippen LogP contribution >= 0.6 is 0 Å². The van der Waals surface area contributed by atoms with E-state index in [2.05, 4.69) is 15.4 Å².